The summed E-state index contributed by atoms with van der Waals surface area (Å²) in [5.74, 6) is 0.530. The molecule has 1 saturated heterocycles. The molecule has 1 fully saturated rings. The highest BCUT2D eigenvalue weighted by Gasteiger charge is 2.14. The van der Waals surface area contributed by atoms with E-state index in [0.29, 0.717) is 18.0 Å². The van der Waals surface area contributed by atoms with Crippen molar-refractivity contribution in [1.82, 2.24) is 20.4 Å². The van der Waals surface area contributed by atoms with Crippen LogP contribution in [0.5, 0.6) is 0 Å². The van der Waals surface area contributed by atoms with Crippen molar-refractivity contribution in [2.24, 2.45) is 5.92 Å². The number of hydrogen-bond acceptors (Lipinski definition) is 4. The number of amides is 2. The second-order valence-corrected chi connectivity index (χ2v) is 5.38. The first kappa shape index (κ1) is 18.4. The van der Waals surface area contributed by atoms with E-state index in [4.69, 9.17) is 0 Å². The van der Waals surface area contributed by atoms with Crippen LogP contribution < -0.4 is 16.0 Å². The van der Waals surface area contributed by atoms with Crippen molar-refractivity contribution >= 4 is 29.9 Å². The standard InChI is InChI=1S/C14H23N5O2.ClH/c1-15-14(21)10-19-9-12(8-17-19)18-13(20)3-2-11-4-6-16-7-5-11;/h8-9,11,16H,2-7,10H2,1H3,(H,15,21)(H,18,20);1H. The first-order chi connectivity index (χ1) is 10.2. The molecule has 8 heteroatoms. The normalized spacial score (nSPS) is 15.0. The number of piperidine rings is 1. The Kier molecular flexibility index (Phi) is 7.90. The van der Waals surface area contributed by atoms with Gasteiger partial charge in [-0.05, 0) is 38.3 Å². The molecule has 1 aliphatic heterocycles. The van der Waals surface area contributed by atoms with Crippen LogP contribution in [0.3, 0.4) is 0 Å². The largest absolute Gasteiger partial charge is 0.358 e. The van der Waals surface area contributed by atoms with Gasteiger partial charge in [-0.15, -0.1) is 12.4 Å². The van der Waals surface area contributed by atoms with Crippen LogP contribution in [-0.4, -0.2) is 41.7 Å². The van der Waals surface area contributed by atoms with Gasteiger partial charge < -0.3 is 16.0 Å². The smallest absolute Gasteiger partial charge is 0.241 e. The molecule has 2 rings (SSSR count). The molecule has 0 aromatic carbocycles. The lowest BCUT2D eigenvalue weighted by atomic mass is 9.93. The summed E-state index contributed by atoms with van der Waals surface area (Å²) in [5, 5.41) is 12.7. The summed E-state index contributed by atoms with van der Waals surface area (Å²) >= 11 is 0. The number of carbonyl (C=O) groups excluding carboxylic acids is 2. The first-order valence-corrected chi connectivity index (χ1v) is 7.41. The summed E-state index contributed by atoms with van der Waals surface area (Å²) in [6.07, 6.45) is 6.99. The van der Waals surface area contributed by atoms with Crippen molar-refractivity contribution < 1.29 is 9.59 Å². The van der Waals surface area contributed by atoms with E-state index in [9.17, 15) is 9.59 Å². The van der Waals surface area contributed by atoms with Gasteiger partial charge in [0.25, 0.3) is 0 Å². The van der Waals surface area contributed by atoms with E-state index in [2.05, 4.69) is 21.0 Å². The molecule has 0 saturated carbocycles. The van der Waals surface area contributed by atoms with Crippen LogP contribution >= 0.6 is 12.4 Å². The molecule has 0 unspecified atom stereocenters. The van der Waals surface area contributed by atoms with Crippen LogP contribution in [-0.2, 0) is 16.1 Å². The van der Waals surface area contributed by atoms with Crippen LogP contribution in [0.25, 0.3) is 0 Å². The Bertz CT molecular complexity index is 485. The highest BCUT2D eigenvalue weighted by molar-refractivity contribution is 5.90. The predicted octanol–water partition coefficient (Wildman–Crippen LogP) is 0.769. The second-order valence-electron chi connectivity index (χ2n) is 5.38. The molecular weight excluding hydrogens is 306 g/mol. The van der Waals surface area contributed by atoms with Gasteiger partial charge in [0, 0.05) is 19.7 Å². The Balaban J connectivity index is 0.00000242. The minimum Gasteiger partial charge on any atom is -0.358 e. The molecule has 1 aliphatic rings. The molecule has 0 aliphatic carbocycles. The summed E-state index contributed by atoms with van der Waals surface area (Å²) in [4.78, 5) is 23.1. The van der Waals surface area contributed by atoms with Gasteiger partial charge in [0.1, 0.15) is 6.54 Å². The highest BCUT2D eigenvalue weighted by atomic mass is 35.5. The van der Waals surface area contributed by atoms with Crippen molar-refractivity contribution in [3.05, 3.63) is 12.4 Å². The summed E-state index contributed by atoms with van der Waals surface area (Å²) in [6, 6.07) is 0. The van der Waals surface area contributed by atoms with Gasteiger partial charge in [-0.1, -0.05) is 0 Å². The minimum absolute atomic E-state index is 0. The van der Waals surface area contributed by atoms with Crippen molar-refractivity contribution in [3.8, 4) is 0 Å². The Morgan fingerprint density at radius 2 is 2.09 bits per heavy atom. The zero-order valence-corrected chi connectivity index (χ0v) is 13.6. The van der Waals surface area contributed by atoms with E-state index in [1.165, 1.54) is 4.68 Å². The van der Waals surface area contributed by atoms with Crippen LogP contribution in [0.4, 0.5) is 5.69 Å². The third-order valence-corrected chi connectivity index (χ3v) is 3.74. The number of anilines is 1. The molecule has 3 N–H and O–H groups in total. The van der Waals surface area contributed by atoms with Crippen molar-refractivity contribution in [3.63, 3.8) is 0 Å². The number of carbonyl (C=O) groups is 2. The maximum atomic E-state index is 11.9. The van der Waals surface area contributed by atoms with Crippen molar-refractivity contribution in [1.29, 1.82) is 0 Å². The summed E-state index contributed by atoms with van der Waals surface area (Å²) in [6.45, 7) is 2.26. The minimum atomic E-state index is -0.123. The highest BCUT2D eigenvalue weighted by Crippen LogP contribution is 2.18. The number of rotatable bonds is 6. The average molecular weight is 330 g/mol. The number of likely N-dealkylation sites (N-methyl/N-ethyl adjacent to an activating group) is 1. The van der Waals surface area contributed by atoms with Crippen molar-refractivity contribution in [2.75, 3.05) is 25.5 Å². The van der Waals surface area contributed by atoms with Crippen LogP contribution in [0, 0.1) is 5.92 Å². The molecule has 1 aromatic rings. The third-order valence-electron chi connectivity index (χ3n) is 3.74. The third kappa shape index (κ3) is 6.03. The molecule has 0 spiro atoms. The van der Waals surface area contributed by atoms with Crippen molar-refractivity contribution in [2.45, 2.75) is 32.2 Å². The molecule has 1 aromatic heterocycles. The van der Waals surface area contributed by atoms with Crippen LogP contribution in [0.2, 0.25) is 0 Å². The molecule has 0 atom stereocenters. The quantitative estimate of drug-likeness (QED) is 0.719. The van der Waals surface area contributed by atoms with Gasteiger partial charge in [0.15, 0.2) is 0 Å². The fourth-order valence-corrected chi connectivity index (χ4v) is 2.47. The van der Waals surface area contributed by atoms with Gasteiger partial charge in [-0.2, -0.15) is 5.10 Å². The monoisotopic (exact) mass is 329 g/mol. The molecule has 0 bridgehead atoms. The van der Waals surface area contributed by atoms with Gasteiger partial charge in [0.2, 0.25) is 11.8 Å². The summed E-state index contributed by atoms with van der Waals surface area (Å²) in [7, 11) is 1.58. The maximum Gasteiger partial charge on any atom is 0.241 e. The second kappa shape index (κ2) is 9.42. The molecule has 0 radical (unpaired) electrons. The Hall–Kier alpha value is -1.60. The van der Waals surface area contributed by atoms with E-state index in [1.807, 2.05) is 0 Å². The van der Waals surface area contributed by atoms with E-state index in [1.54, 1.807) is 19.4 Å². The van der Waals surface area contributed by atoms with Gasteiger partial charge in [0.05, 0.1) is 11.9 Å². The number of hydrogen-bond donors (Lipinski definition) is 3. The summed E-state index contributed by atoms with van der Waals surface area (Å²) < 4.78 is 1.50. The zero-order valence-electron chi connectivity index (χ0n) is 12.8. The molecule has 2 amide bonds. The number of nitrogens with one attached hydrogen (secondary N) is 3. The van der Waals surface area contributed by atoms with E-state index in [0.717, 1.165) is 32.4 Å². The topological polar surface area (TPSA) is 88.0 Å². The molecule has 124 valence electrons. The average Bonchev–Trinajstić information content (AvgIpc) is 2.93. The van der Waals surface area contributed by atoms with E-state index < -0.39 is 0 Å². The van der Waals surface area contributed by atoms with Crippen LogP contribution in [0.15, 0.2) is 12.4 Å². The Morgan fingerprint density at radius 1 is 1.36 bits per heavy atom. The fourth-order valence-electron chi connectivity index (χ4n) is 2.47. The maximum absolute atomic E-state index is 11.9. The van der Waals surface area contributed by atoms with Gasteiger partial charge >= 0.3 is 0 Å². The van der Waals surface area contributed by atoms with E-state index >= 15 is 0 Å². The fraction of sp³-hybridized carbons (Fsp3) is 0.643. The summed E-state index contributed by atoms with van der Waals surface area (Å²) in [5.41, 5.74) is 0.634. The molecule has 7 nitrogen and oxygen atoms in total. The zero-order chi connectivity index (χ0) is 15.1. The van der Waals surface area contributed by atoms with Gasteiger partial charge in [-0.3, -0.25) is 14.3 Å². The van der Waals surface area contributed by atoms with E-state index in [-0.39, 0.29) is 30.8 Å². The van der Waals surface area contributed by atoms with Crippen LogP contribution in [0.1, 0.15) is 25.7 Å². The molecule has 2 heterocycles. The lowest BCUT2D eigenvalue weighted by Crippen LogP contribution is -2.28. The lowest BCUT2D eigenvalue weighted by molar-refractivity contribution is -0.121. The Labute approximate surface area is 136 Å². The molecular formula is C14H24ClN5O2. The number of nitrogens with zero attached hydrogens (tertiary/aromatic N) is 2. The predicted molar refractivity (Wildman–Crippen MR) is 87.0 cm³/mol. The SMILES string of the molecule is CNC(=O)Cn1cc(NC(=O)CCC2CCNCC2)cn1.Cl. The Morgan fingerprint density at radius 3 is 2.77 bits per heavy atom. The number of aromatic nitrogens is 2. The lowest BCUT2D eigenvalue weighted by Gasteiger charge is -2.22. The number of halogens is 1. The molecule has 22 heavy (non-hydrogen) atoms. The first-order valence-electron chi connectivity index (χ1n) is 7.41. The van der Waals surface area contributed by atoms with Gasteiger partial charge in [-0.25, -0.2) is 0 Å².